The molecule has 0 unspecified atom stereocenters. The first-order valence-corrected chi connectivity index (χ1v) is 6.62. The number of pyridine rings is 1. The Morgan fingerprint density at radius 3 is 2.86 bits per heavy atom. The lowest BCUT2D eigenvalue weighted by Gasteiger charge is -2.15. The lowest BCUT2D eigenvalue weighted by Crippen LogP contribution is -2.27. The number of carbonyl (C=O) groups is 2. The van der Waals surface area contributed by atoms with Crippen molar-refractivity contribution in [2.75, 3.05) is 23.3 Å². The van der Waals surface area contributed by atoms with Crippen molar-refractivity contribution in [3.63, 3.8) is 0 Å². The predicted molar refractivity (Wildman–Crippen MR) is 79.4 cm³/mol. The molecule has 106 valence electrons. The maximum absolute atomic E-state index is 12.0. The zero-order valence-corrected chi connectivity index (χ0v) is 11.2. The molecule has 0 atom stereocenters. The van der Waals surface area contributed by atoms with Crippen LogP contribution < -0.4 is 15.5 Å². The van der Waals surface area contributed by atoms with Crippen molar-refractivity contribution in [1.29, 1.82) is 0 Å². The molecule has 2 heterocycles. The summed E-state index contributed by atoms with van der Waals surface area (Å²) in [7, 11) is 0. The van der Waals surface area contributed by atoms with Gasteiger partial charge in [-0.05, 0) is 30.3 Å². The summed E-state index contributed by atoms with van der Waals surface area (Å²) in [5.74, 6) is -0.279. The third kappa shape index (κ3) is 2.84. The van der Waals surface area contributed by atoms with Gasteiger partial charge >= 0.3 is 6.03 Å². The highest BCUT2D eigenvalue weighted by Gasteiger charge is 2.21. The number of nitrogens with one attached hydrogen (secondary N) is 2. The number of carbonyl (C=O) groups excluding carboxylic acids is 2. The monoisotopic (exact) mass is 282 g/mol. The van der Waals surface area contributed by atoms with Crippen LogP contribution in [0.25, 0.3) is 0 Å². The Balaban J connectivity index is 1.77. The van der Waals surface area contributed by atoms with E-state index in [0.29, 0.717) is 24.5 Å². The van der Waals surface area contributed by atoms with Gasteiger partial charge in [0.2, 0.25) is 0 Å². The summed E-state index contributed by atoms with van der Waals surface area (Å²) in [6.07, 6.45) is 1.57. The fraction of sp³-hybridized carbons (Fsp3) is 0.133. The molecule has 2 N–H and O–H groups in total. The van der Waals surface area contributed by atoms with E-state index in [4.69, 9.17) is 0 Å². The quantitative estimate of drug-likeness (QED) is 0.902. The number of nitrogens with zero attached hydrogens (tertiary/aromatic N) is 2. The highest BCUT2D eigenvalue weighted by Crippen LogP contribution is 2.21. The topological polar surface area (TPSA) is 74.3 Å². The van der Waals surface area contributed by atoms with Crippen molar-refractivity contribution < 1.29 is 9.59 Å². The second kappa shape index (κ2) is 5.62. The maximum Gasteiger partial charge on any atom is 0.321 e. The molecule has 1 aliphatic heterocycles. The molecule has 0 spiro atoms. The third-order valence-corrected chi connectivity index (χ3v) is 3.17. The average Bonchev–Trinajstić information content (AvgIpc) is 2.94. The Labute approximate surface area is 121 Å². The molecule has 1 aromatic carbocycles. The smallest absolute Gasteiger partial charge is 0.321 e. The summed E-state index contributed by atoms with van der Waals surface area (Å²) < 4.78 is 0. The van der Waals surface area contributed by atoms with E-state index in [-0.39, 0.29) is 11.9 Å². The zero-order chi connectivity index (χ0) is 14.7. The van der Waals surface area contributed by atoms with Crippen molar-refractivity contribution in [3.05, 3.63) is 54.4 Å². The van der Waals surface area contributed by atoms with Gasteiger partial charge in [-0.3, -0.25) is 14.7 Å². The molecular formula is C15H14N4O2. The van der Waals surface area contributed by atoms with Crippen LogP contribution in [0.1, 0.15) is 10.5 Å². The molecule has 21 heavy (non-hydrogen) atoms. The maximum atomic E-state index is 12.0. The second-order valence-electron chi connectivity index (χ2n) is 4.60. The van der Waals surface area contributed by atoms with Crippen LogP contribution in [0.4, 0.5) is 16.2 Å². The van der Waals surface area contributed by atoms with Crippen molar-refractivity contribution in [3.8, 4) is 0 Å². The molecule has 1 aromatic heterocycles. The Kier molecular flexibility index (Phi) is 3.51. The SMILES string of the molecule is O=C(Nc1cccc(N2CCNC2=O)c1)c1ccccn1. The van der Waals surface area contributed by atoms with Gasteiger partial charge in [-0.25, -0.2) is 4.79 Å². The van der Waals surface area contributed by atoms with Gasteiger partial charge in [0.25, 0.3) is 5.91 Å². The van der Waals surface area contributed by atoms with Gasteiger partial charge in [-0.2, -0.15) is 0 Å². The zero-order valence-electron chi connectivity index (χ0n) is 11.2. The molecule has 2 aromatic rings. The Morgan fingerprint density at radius 1 is 1.24 bits per heavy atom. The molecule has 3 rings (SSSR count). The number of urea groups is 1. The number of rotatable bonds is 3. The molecule has 0 bridgehead atoms. The van der Waals surface area contributed by atoms with Crippen LogP contribution in [0, 0.1) is 0 Å². The van der Waals surface area contributed by atoms with Crippen LogP contribution in [-0.2, 0) is 0 Å². The largest absolute Gasteiger partial charge is 0.336 e. The summed E-state index contributed by atoms with van der Waals surface area (Å²) >= 11 is 0. The van der Waals surface area contributed by atoms with E-state index in [9.17, 15) is 9.59 Å². The van der Waals surface area contributed by atoms with Crippen LogP contribution in [0.3, 0.4) is 0 Å². The molecule has 3 amide bonds. The van der Waals surface area contributed by atoms with E-state index in [1.165, 1.54) is 0 Å². The molecule has 1 fully saturated rings. The van der Waals surface area contributed by atoms with E-state index >= 15 is 0 Å². The van der Waals surface area contributed by atoms with Gasteiger partial charge in [-0.1, -0.05) is 12.1 Å². The number of aromatic nitrogens is 1. The summed E-state index contributed by atoms with van der Waals surface area (Å²) in [4.78, 5) is 29.3. The normalized spacial score (nSPS) is 13.9. The standard InChI is InChI=1S/C15H14N4O2/c20-14(13-6-1-2-7-16-13)18-11-4-3-5-12(10-11)19-9-8-17-15(19)21/h1-7,10H,8-9H2,(H,17,21)(H,18,20). The van der Waals surface area contributed by atoms with E-state index in [2.05, 4.69) is 15.6 Å². The van der Waals surface area contributed by atoms with Gasteiger partial charge in [0.15, 0.2) is 0 Å². The minimum atomic E-state index is -0.279. The molecule has 6 nitrogen and oxygen atoms in total. The van der Waals surface area contributed by atoms with E-state index in [1.807, 2.05) is 6.07 Å². The number of anilines is 2. The molecule has 0 aliphatic carbocycles. The molecule has 1 saturated heterocycles. The highest BCUT2D eigenvalue weighted by atomic mass is 16.2. The summed E-state index contributed by atoms with van der Waals surface area (Å²) in [6.45, 7) is 1.25. The van der Waals surface area contributed by atoms with Crippen LogP contribution in [0.2, 0.25) is 0 Å². The van der Waals surface area contributed by atoms with Crippen LogP contribution in [-0.4, -0.2) is 30.0 Å². The van der Waals surface area contributed by atoms with Gasteiger partial charge < -0.3 is 10.6 Å². The first-order valence-electron chi connectivity index (χ1n) is 6.62. The van der Waals surface area contributed by atoms with Crippen LogP contribution in [0.5, 0.6) is 0 Å². The Morgan fingerprint density at radius 2 is 2.14 bits per heavy atom. The predicted octanol–water partition coefficient (Wildman–Crippen LogP) is 1.86. The first-order chi connectivity index (χ1) is 10.2. The van der Waals surface area contributed by atoms with Gasteiger partial charge in [-0.15, -0.1) is 0 Å². The molecule has 0 saturated carbocycles. The van der Waals surface area contributed by atoms with Gasteiger partial charge in [0.05, 0.1) is 0 Å². The van der Waals surface area contributed by atoms with Crippen LogP contribution >= 0.6 is 0 Å². The fourth-order valence-corrected chi connectivity index (χ4v) is 2.16. The van der Waals surface area contributed by atoms with Gasteiger partial charge in [0, 0.05) is 30.7 Å². The minimum Gasteiger partial charge on any atom is -0.336 e. The molecule has 6 heteroatoms. The summed E-state index contributed by atoms with van der Waals surface area (Å²) in [5.41, 5.74) is 1.73. The number of hydrogen-bond donors (Lipinski definition) is 2. The van der Waals surface area contributed by atoms with E-state index in [0.717, 1.165) is 5.69 Å². The Bertz CT molecular complexity index is 672. The van der Waals surface area contributed by atoms with Crippen LogP contribution in [0.15, 0.2) is 48.7 Å². The van der Waals surface area contributed by atoms with Crippen molar-refractivity contribution >= 4 is 23.3 Å². The van der Waals surface area contributed by atoms with Crippen molar-refractivity contribution in [2.24, 2.45) is 0 Å². The fourth-order valence-electron chi connectivity index (χ4n) is 2.16. The summed E-state index contributed by atoms with van der Waals surface area (Å²) in [6, 6.07) is 12.2. The number of hydrogen-bond acceptors (Lipinski definition) is 3. The summed E-state index contributed by atoms with van der Waals surface area (Å²) in [5, 5.41) is 5.52. The van der Waals surface area contributed by atoms with Gasteiger partial charge in [0.1, 0.15) is 5.69 Å². The van der Waals surface area contributed by atoms with Crippen molar-refractivity contribution in [1.82, 2.24) is 10.3 Å². The lowest BCUT2D eigenvalue weighted by molar-refractivity contribution is 0.102. The van der Waals surface area contributed by atoms with Crippen molar-refractivity contribution in [2.45, 2.75) is 0 Å². The lowest BCUT2D eigenvalue weighted by atomic mass is 10.2. The number of amides is 3. The third-order valence-electron chi connectivity index (χ3n) is 3.17. The first kappa shape index (κ1) is 13.1. The Hall–Kier alpha value is -2.89. The molecule has 1 aliphatic rings. The van der Waals surface area contributed by atoms with E-state index < -0.39 is 0 Å². The molecule has 0 radical (unpaired) electrons. The average molecular weight is 282 g/mol. The molecular weight excluding hydrogens is 268 g/mol. The number of benzene rings is 1. The second-order valence-corrected chi connectivity index (χ2v) is 4.60. The highest BCUT2D eigenvalue weighted by molar-refractivity contribution is 6.03. The minimum absolute atomic E-state index is 0.122. The van der Waals surface area contributed by atoms with E-state index in [1.54, 1.807) is 47.5 Å².